The zero-order chi connectivity index (χ0) is 18.7. The minimum absolute atomic E-state index is 0.00915. The Morgan fingerprint density at radius 3 is 2.76 bits per heavy atom. The topological polar surface area (TPSA) is 74.7 Å². The molecule has 0 radical (unpaired) electrons. The zero-order valence-corrected chi connectivity index (χ0v) is 15.3. The van der Waals surface area contributed by atoms with Gasteiger partial charge in [0.05, 0.1) is 11.5 Å². The first-order chi connectivity index (χ1) is 11.6. The van der Waals surface area contributed by atoms with E-state index >= 15 is 0 Å². The van der Waals surface area contributed by atoms with Crippen LogP contribution in [0.1, 0.15) is 36.2 Å². The second kappa shape index (κ2) is 7.42. The number of aliphatic hydroxyl groups is 1. The highest BCUT2D eigenvalue weighted by atomic mass is 32.2. The Bertz CT molecular complexity index is 825. The van der Waals surface area contributed by atoms with Crippen molar-refractivity contribution in [2.24, 2.45) is 0 Å². The Balaban J connectivity index is 2.27. The molecular weight excluding hydrogens is 338 g/mol. The summed E-state index contributed by atoms with van der Waals surface area (Å²) >= 11 is 0. The molecule has 1 aliphatic heterocycles. The summed E-state index contributed by atoms with van der Waals surface area (Å²) < 4.78 is 23.5. The molecule has 1 atom stereocenters. The molecule has 1 heterocycles. The molecule has 0 aliphatic carbocycles. The number of nitrogens with zero attached hydrogens (tertiary/aromatic N) is 1. The van der Waals surface area contributed by atoms with Gasteiger partial charge in [-0.3, -0.25) is 4.79 Å². The van der Waals surface area contributed by atoms with Gasteiger partial charge in [0.1, 0.15) is 5.60 Å². The predicted molar refractivity (Wildman–Crippen MR) is 97.9 cm³/mol. The van der Waals surface area contributed by atoms with Gasteiger partial charge >= 0.3 is 0 Å². The summed E-state index contributed by atoms with van der Waals surface area (Å²) in [6.45, 7) is 7.12. The molecule has 25 heavy (non-hydrogen) atoms. The molecule has 5 nitrogen and oxygen atoms in total. The van der Waals surface area contributed by atoms with Crippen molar-refractivity contribution < 1.29 is 18.3 Å². The fourth-order valence-electron chi connectivity index (χ4n) is 2.68. The number of hydrogen-bond acceptors (Lipinski definition) is 4. The molecule has 1 saturated heterocycles. The Hall–Kier alpha value is -2.10. The number of sulfone groups is 1. The lowest BCUT2D eigenvalue weighted by Crippen LogP contribution is -2.41. The summed E-state index contributed by atoms with van der Waals surface area (Å²) in [5, 5.41) is 9.69. The van der Waals surface area contributed by atoms with Crippen molar-refractivity contribution in [1.82, 2.24) is 4.90 Å². The number of rotatable bonds is 4. The van der Waals surface area contributed by atoms with Gasteiger partial charge in [0.25, 0.3) is 5.91 Å². The van der Waals surface area contributed by atoms with Gasteiger partial charge in [-0.05, 0) is 38.5 Å². The summed E-state index contributed by atoms with van der Waals surface area (Å²) in [6, 6.07) is 6.48. The Morgan fingerprint density at radius 1 is 1.48 bits per heavy atom. The van der Waals surface area contributed by atoms with Crippen LogP contribution in [-0.2, 0) is 9.84 Å². The van der Waals surface area contributed by atoms with Gasteiger partial charge in [-0.15, -0.1) is 6.58 Å². The third-order valence-corrected chi connectivity index (χ3v) is 5.61. The lowest BCUT2D eigenvalue weighted by Gasteiger charge is -2.27. The van der Waals surface area contributed by atoms with E-state index in [2.05, 4.69) is 18.4 Å². The highest BCUT2D eigenvalue weighted by Crippen LogP contribution is 2.20. The molecule has 1 amide bonds. The van der Waals surface area contributed by atoms with Crippen LogP contribution in [0.2, 0.25) is 0 Å². The molecule has 1 aliphatic rings. The Labute approximate surface area is 149 Å². The second-order valence-electron chi connectivity index (χ2n) is 6.69. The first-order valence-electron chi connectivity index (χ1n) is 8.09. The monoisotopic (exact) mass is 361 g/mol. The van der Waals surface area contributed by atoms with E-state index in [9.17, 15) is 18.3 Å². The van der Waals surface area contributed by atoms with Gasteiger partial charge < -0.3 is 10.0 Å². The van der Waals surface area contributed by atoms with Crippen LogP contribution in [0.25, 0.3) is 0 Å². The normalized spacial score (nSPS) is 18.9. The van der Waals surface area contributed by atoms with Gasteiger partial charge in [-0.1, -0.05) is 24.0 Å². The van der Waals surface area contributed by atoms with E-state index in [1.165, 1.54) is 0 Å². The van der Waals surface area contributed by atoms with Crippen molar-refractivity contribution in [2.45, 2.75) is 31.9 Å². The van der Waals surface area contributed by atoms with E-state index in [0.717, 1.165) is 0 Å². The standard InChI is InChI=1S/C19H23NO4S/c1-4-11-20(17-9-12-25(23,24)14-17)18(21)16-7-5-6-15(13-16)8-10-19(2,3)22/h4-7,13,17,22H,1,9,11-12,14H2,2-3H3/t17-/m0/s1. The molecular formula is C19H23NO4S. The van der Waals surface area contributed by atoms with E-state index in [1.807, 2.05) is 0 Å². The zero-order valence-electron chi connectivity index (χ0n) is 14.5. The van der Waals surface area contributed by atoms with Crippen LogP contribution >= 0.6 is 0 Å². The minimum Gasteiger partial charge on any atom is -0.378 e. The van der Waals surface area contributed by atoms with Gasteiger partial charge in [-0.2, -0.15) is 0 Å². The SMILES string of the molecule is C=CCN(C(=O)c1cccc(C#CC(C)(C)O)c1)[C@H]1CCS(=O)(=O)C1. The third kappa shape index (κ3) is 5.45. The third-order valence-electron chi connectivity index (χ3n) is 3.86. The first kappa shape index (κ1) is 19.2. The lowest BCUT2D eigenvalue weighted by atomic mass is 10.1. The van der Waals surface area contributed by atoms with Crippen molar-refractivity contribution in [3.05, 3.63) is 48.0 Å². The molecule has 6 heteroatoms. The Kier molecular flexibility index (Phi) is 5.71. The van der Waals surface area contributed by atoms with Gasteiger partial charge in [0.2, 0.25) is 0 Å². The van der Waals surface area contributed by atoms with E-state index in [4.69, 9.17) is 0 Å². The van der Waals surface area contributed by atoms with E-state index in [1.54, 1.807) is 49.1 Å². The first-order valence-corrected chi connectivity index (χ1v) is 9.91. The van der Waals surface area contributed by atoms with Crippen LogP contribution in [0, 0.1) is 11.8 Å². The van der Waals surface area contributed by atoms with E-state index in [-0.39, 0.29) is 23.5 Å². The molecule has 0 spiro atoms. The molecule has 1 fully saturated rings. The lowest BCUT2D eigenvalue weighted by molar-refractivity contribution is 0.0720. The van der Waals surface area contributed by atoms with Crippen LogP contribution in [0.3, 0.4) is 0 Å². The predicted octanol–water partition coefficient (Wildman–Crippen LogP) is 1.62. The summed E-state index contributed by atoms with van der Waals surface area (Å²) in [6.07, 6.45) is 2.04. The number of hydrogen-bond donors (Lipinski definition) is 1. The fraction of sp³-hybridized carbons (Fsp3) is 0.421. The molecule has 134 valence electrons. The molecule has 1 N–H and O–H groups in total. The maximum atomic E-state index is 12.9. The molecule has 0 unspecified atom stereocenters. The van der Waals surface area contributed by atoms with Crippen LogP contribution in [0.15, 0.2) is 36.9 Å². The second-order valence-corrected chi connectivity index (χ2v) is 8.92. The fourth-order valence-corrected chi connectivity index (χ4v) is 4.41. The van der Waals surface area contributed by atoms with E-state index < -0.39 is 15.4 Å². The molecule has 1 aromatic rings. The average Bonchev–Trinajstić information content (AvgIpc) is 2.89. The van der Waals surface area contributed by atoms with E-state index in [0.29, 0.717) is 24.1 Å². The Morgan fingerprint density at radius 2 is 2.20 bits per heavy atom. The maximum absolute atomic E-state index is 12.9. The van der Waals surface area contributed by atoms with Crippen molar-refractivity contribution in [1.29, 1.82) is 0 Å². The van der Waals surface area contributed by atoms with Crippen LogP contribution < -0.4 is 0 Å². The van der Waals surface area contributed by atoms with Crippen molar-refractivity contribution >= 4 is 15.7 Å². The molecule has 0 aromatic heterocycles. The van der Waals surface area contributed by atoms with Crippen LogP contribution in [-0.4, -0.2) is 54.0 Å². The number of carbonyl (C=O) groups excluding carboxylic acids is 1. The number of amides is 1. The van der Waals surface area contributed by atoms with Crippen LogP contribution in [0.5, 0.6) is 0 Å². The summed E-state index contributed by atoms with van der Waals surface area (Å²) in [7, 11) is -3.09. The average molecular weight is 361 g/mol. The molecule has 0 saturated carbocycles. The summed E-state index contributed by atoms with van der Waals surface area (Å²) in [5.41, 5.74) is -0.0631. The highest BCUT2D eigenvalue weighted by Gasteiger charge is 2.34. The summed E-state index contributed by atoms with van der Waals surface area (Å²) in [4.78, 5) is 14.4. The van der Waals surface area contributed by atoms with Crippen LogP contribution in [0.4, 0.5) is 0 Å². The number of benzene rings is 1. The molecule has 0 bridgehead atoms. The van der Waals surface area contributed by atoms with Gasteiger partial charge in [-0.25, -0.2) is 8.42 Å². The minimum atomic E-state index is -3.09. The van der Waals surface area contributed by atoms with Gasteiger partial charge in [0.15, 0.2) is 9.84 Å². The largest absolute Gasteiger partial charge is 0.378 e. The quantitative estimate of drug-likeness (QED) is 0.653. The highest BCUT2D eigenvalue weighted by molar-refractivity contribution is 7.91. The van der Waals surface area contributed by atoms with Crippen molar-refractivity contribution in [2.75, 3.05) is 18.1 Å². The smallest absolute Gasteiger partial charge is 0.254 e. The molecule has 1 aromatic carbocycles. The maximum Gasteiger partial charge on any atom is 0.254 e. The summed E-state index contributed by atoms with van der Waals surface area (Å²) in [5.74, 6) is 5.41. The number of carbonyl (C=O) groups is 1. The van der Waals surface area contributed by atoms with Crippen molar-refractivity contribution in [3.63, 3.8) is 0 Å². The molecule has 2 rings (SSSR count). The van der Waals surface area contributed by atoms with Gasteiger partial charge in [0, 0.05) is 23.7 Å². The van der Waals surface area contributed by atoms with Crippen molar-refractivity contribution in [3.8, 4) is 11.8 Å².